The molecule has 3 nitrogen and oxygen atoms in total. The minimum absolute atomic E-state index is 0.245. The quantitative estimate of drug-likeness (QED) is 0.677. The van der Waals surface area contributed by atoms with E-state index in [1.807, 2.05) is 0 Å². The van der Waals surface area contributed by atoms with Crippen LogP contribution in [0.3, 0.4) is 0 Å². The summed E-state index contributed by atoms with van der Waals surface area (Å²) in [5, 5.41) is 13.5. The van der Waals surface area contributed by atoms with E-state index in [1.165, 1.54) is 6.42 Å². The molecule has 2 N–H and O–H groups in total. The number of phenols is 1. The van der Waals surface area contributed by atoms with E-state index in [2.05, 4.69) is 12.2 Å². The maximum atomic E-state index is 9.64. The third-order valence-corrected chi connectivity index (χ3v) is 3.03. The molecule has 0 aliphatic carbocycles. The second-order valence-electron chi connectivity index (χ2n) is 4.23. The van der Waals surface area contributed by atoms with E-state index in [1.54, 1.807) is 18.2 Å². The molecule has 1 aromatic carbocycles. The molecule has 0 fully saturated rings. The minimum atomic E-state index is 0.245. The highest BCUT2D eigenvalue weighted by Crippen LogP contribution is 2.24. The molecule has 18 heavy (non-hydrogen) atoms. The van der Waals surface area contributed by atoms with Crippen LogP contribution in [0, 0.1) is 0 Å². The average molecular weight is 272 g/mol. The first-order valence-electron chi connectivity index (χ1n) is 6.50. The number of benzene rings is 1. The Balaban J connectivity index is 2.11. The van der Waals surface area contributed by atoms with Crippen LogP contribution in [0.4, 0.5) is 0 Å². The molecule has 102 valence electrons. The maximum Gasteiger partial charge on any atom is 0.121 e. The number of hydrogen-bond donors (Lipinski definition) is 2. The molecule has 0 aliphatic heterocycles. The first kappa shape index (κ1) is 15.3. The van der Waals surface area contributed by atoms with Crippen LogP contribution < -0.4 is 5.32 Å². The van der Waals surface area contributed by atoms with Gasteiger partial charge in [0.05, 0.1) is 0 Å². The van der Waals surface area contributed by atoms with Crippen LogP contribution in [0.15, 0.2) is 18.2 Å². The Morgan fingerprint density at radius 3 is 2.78 bits per heavy atom. The Morgan fingerprint density at radius 1 is 1.28 bits per heavy atom. The topological polar surface area (TPSA) is 41.5 Å². The molecule has 0 aromatic heterocycles. The van der Waals surface area contributed by atoms with E-state index in [0.29, 0.717) is 11.6 Å². The van der Waals surface area contributed by atoms with Crippen LogP contribution in [0.5, 0.6) is 5.75 Å². The molecule has 0 aliphatic rings. The number of ether oxygens (including phenoxy) is 1. The largest absolute Gasteiger partial charge is 0.508 e. The molecule has 0 spiro atoms. The highest BCUT2D eigenvalue weighted by atomic mass is 35.5. The van der Waals surface area contributed by atoms with Crippen LogP contribution in [-0.4, -0.2) is 24.9 Å². The zero-order valence-corrected chi connectivity index (χ0v) is 11.7. The molecule has 0 unspecified atom stereocenters. The van der Waals surface area contributed by atoms with Gasteiger partial charge in [-0.1, -0.05) is 31.0 Å². The molecule has 4 heteroatoms. The van der Waals surface area contributed by atoms with Gasteiger partial charge in [0.25, 0.3) is 0 Å². The lowest BCUT2D eigenvalue weighted by Gasteiger charge is -2.08. The van der Waals surface area contributed by atoms with E-state index >= 15 is 0 Å². The van der Waals surface area contributed by atoms with Crippen molar-refractivity contribution in [3.8, 4) is 5.75 Å². The van der Waals surface area contributed by atoms with Crippen LogP contribution >= 0.6 is 11.6 Å². The summed E-state index contributed by atoms with van der Waals surface area (Å²) in [5.41, 5.74) is 0.756. The van der Waals surface area contributed by atoms with E-state index < -0.39 is 0 Å². The molecule has 1 rings (SSSR count). The highest BCUT2D eigenvalue weighted by molar-refractivity contribution is 6.31. The third-order valence-electron chi connectivity index (χ3n) is 2.68. The first-order chi connectivity index (χ1) is 8.75. The van der Waals surface area contributed by atoms with Crippen molar-refractivity contribution in [2.24, 2.45) is 0 Å². The van der Waals surface area contributed by atoms with Gasteiger partial charge in [-0.25, -0.2) is 0 Å². The normalized spacial score (nSPS) is 10.8. The van der Waals surface area contributed by atoms with Crippen molar-refractivity contribution in [2.75, 3.05) is 19.8 Å². The third kappa shape index (κ3) is 5.71. The summed E-state index contributed by atoms with van der Waals surface area (Å²) in [6.45, 7) is 5.22. The summed E-state index contributed by atoms with van der Waals surface area (Å²) in [5.74, 6) is 0.245. The van der Waals surface area contributed by atoms with Crippen LogP contribution in [0.2, 0.25) is 5.02 Å². The van der Waals surface area contributed by atoms with Gasteiger partial charge in [0.15, 0.2) is 0 Å². The van der Waals surface area contributed by atoms with E-state index in [0.717, 1.165) is 38.2 Å². The average Bonchev–Trinajstić information content (AvgIpc) is 2.35. The van der Waals surface area contributed by atoms with Crippen LogP contribution in [-0.2, 0) is 11.3 Å². The van der Waals surface area contributed by atoms with Crippen molar-refractivity contribution in [3.63, 3.8) is 0 Å². The SMILES string of the molecule is CCCCOCCCNCc1c(O)cccc1Cl. The Hall–Kier alpha value is -0.770. The number of aromatic hydroxyl groups is 1. The molecular weight excluding hydrogens is 250 g/mol. The number of unbranched alkanes of at least 4 members (excludes halogenated alkanes) is 1. The summed E-state index contributed by atoms with van der Waals surface area (Å²) in [7, 11) is 0. The fourth-order valence-electron chi connectivity index (χ4n) is 1.58. The zero-order chi connectivity index (χ0) is 13.2. The summed E-state index contributed by atoms with van der Waals surface area (Å²) in [6, 6.07) is 5.17. The second kappa shape index (κ2) is 9.20. The van der Waals surface area contributed by atoms with Gasteiger partial charge >= 0.3 is 0 Å². The number of halogens is 1. The van der Waals surface area contributed by atoms with Crippen LogP contribution in [0.1, 0.15) is 31.7 Å². The summed E-state index contributed by atoms with van der Waals surface area (Å²) in [4.78, 5) is 0. The Labute approximate surface area is 114 Å². The lowest BCUT2D eigenvalue weighted by molar-refractivity contribution is 0.128. The van der Waals surface area contributed by atoms with Gasteiger partial charge in [0, 0.05) is 30.3 Å². The smallest absolute Gasteiger partial charge is 0.121 e. The highest BCUT2D eigenvalue weighted by Gasteiger charge is 2.04. The van der Waals surface area contributed by atoms with Gasteiger partial charge in [-0.05, 0) is 31.5 Å². The Kier molecular flexibility index (Phi) is 7.81. The van der Waals surface area contributed by atoms with E-state index in [4.69, 9.17) is 16.3 Å². The van der Waals surface area contributed by atoms with Crippen molar-refractivity contribution in [2.45, 2.75) is 32.7 Å². The molecule has 0 saturated heterocycles. The van der Waals surface area contributed by atoms with E-state index in [-0.39, 0.29) is 5.75 Å². The summed E-state index contributed by atoms with van der Waals surface area (Å²) >= 11 is 6.00. The molecular formula is C14H22ClNO2. The fraction of sp³-hybridized carbons (Fsp3) is 0.571. The van der Waals surface area contributed by atoms with Crippen molar-refractivity contribution in [3.05, 3.63) is 28.8 Å². The lowest BCUT2D eigenvalue weighted by Crippen LogP contribution is -2.16. The molecule has 0 heterocycles. The van der Waals surface area contributed by atoms with Gasteiger partial charge < -0.3 is 15.2 Å². The van der Waals surface area contributed by atoms with Gasteiger partial charge in [-0.15, -0.1) is 0 Å². The Morgan fingerprint density at radius 2 is 2.06 bits per heavy atom. The molecule has 0 bridgehead atoms. The molecule has 0 saturated carbocycles. The summed E-state index contributed by atoms with van der Waals surface area (Å²) in [6.07, 6.45) is 3.26. The predicted molar refractivity (Wildman–Crippen MR) is 75.2 cm³/mol. The number of nitrogens with one attached hydrogen (secondary N) is 1. The van der Waals surface area contributed by atoms with Crippen LogP contribution in [0.25, 0.3) is 0 Å². The van der Waals surface area contributed by atoms with Gasteiger partial charge in [0.1, 0.15) is 5.75 Å². The standard InChI is InChI=1S/C14H22ClNO2/c1-2-3-9-18-10-5-8-16-11-12-13(15)6-4-7-14(12)17/h4,6-7,16-17H,2-3,5,8-11H2,1H3. The molecule has 0 atom stereocenters. The van der Waals surface area contributed by atoms with Gasteiger partial charge in [-0.3, -0.25) is 0 Å². The maximum absolute atomic E-state index is 9.64. The Bertz CT molecular complexity index is 324. The lowest BCUT2D eigenvalue weighted by atomic mass is 10.2. The van der Waals surface area contributed by atoms with Crippen molar-refractivity contribution >= 4 is 11.6 Å². The minimum Gasteiger partial charge on any atom is -0.508 e. The predicted octanol–water partition coefficient (Wildman–Crippen LogP) is 3.34. The molecule has 0 radical (unpaired) electrons. The van der Waals surface area contributed by atoms with Gasteiger partial charge in [-0.2, -0.15) is 0 Å². The second-order valence-corrected chi connectivity index (χ2v) is 4.64. The van der Waals surface area contributed by atoms with Crippen molar-refractivity contribution in [1.29, 1.82) is 0 Å². The van der Waals surface area contributed by atoms with Crippen molar-refractivity contribution < 1.29 is 9.84 Å². The first-order valence-corrected chi connectivity index (χ1v) is 6.88. The zero-order valence-electron chi connectivity index (χ0n) is 10.9. The molecule has 1 aromatic rings. The molecule has 0 amide bonds. The summed E-state index contributed by atoms with van der Waals surface area (Å²) < 4.78 is 5.46. The van der Waals surface area contributed by atoms with Crippen molar-refractivity contribution in [1.82, 2.24) is 5.32 Å². The fourth-order valence-corrected chi connectivity index (χ4v) is 1.82. The van der Waals surface area contributed by atoms with Gasteiger partial charge in [0.2, 0.25) is 0 Å². The number of rotatable bonds is 9. The number of hydrogen-bond acceptors (Lipinski definition) is 3. The monoisotopic (exact) mass is 271 g/mol. The number of phenolic OH excluding ortho intramolecular Hbond substituents is 1. The van der Waals surface area contributed by atoms with E-state index in [9.17, 15) is 5.11 Å².